The summed E-state index contributed by atoms with van der Waals surface area (Å²) < 4.78 is 6.08. The molecule has 0 aromatic carbocycles. The van der Waals surface area contributed by atoms with Gasteiger partial charge in [-0.1, -0.05) is 11.6 Å². The maximum atomic E-state index is 5.89. The minimum atomic E-state index is 0.728. The second kappa shape index (κ2) is 7.46. The number of nitrogens with zero attached hydrogens (tertiary/aromatic N) is 1. The molecule has 1 aromatic rings. The number of halogens is 1. The number of nitrogens with one attached hydrogen (secondary N) is 1. The molecule has 0 spiro atoms. The molecule has 1 aromatic heterocycles. The van der Waals surface area contributed by atoms with E-state index >= 15 is 0 Å². The molecular formula is C13H21ClN2OS. The van der Waals surface area contributed by atoms with Crippen LogP contribution in [-0.2, 0) is 11.3 Å². The Morgan fingerprint density at radius 2 is 2.44 bits per heavy atom. The van der Waals surface area contributed by atoms with Crippen LogP contribution in [-0.4, -0.2) is 44.8 Å². The third-order valence-corrected chi connectivity index (χ3v) is 4.54. The quantitative estimate of drug-likeness (QED) is 0.780. The van der Waals surface area contributed by atoms with Crippen LogP contribution in [0.15, 0.2) is 12.1 Å². The van der Waals surface area contributed by atoms with E-state index in [2.05, 4.69) is 16.3 Å². The van der Waals surface area contributed by atoms with Gasteiger partial charge in [-0.3, -0.25) is 0 Å². The van der Waals surface area contributed by atoms with E-state index in [-0.39, 0.29) is 0 Å². The van der Waals surface area contributed by atoms with Crippen LogP contribution in [0.2, 0.25) is 4.34 Å². The van der Waals surface area contributed by atoms with E-state index in [1.165, 1.54) is 24.4 Å². The van der Waals surface area contributed by atoms with Crippen LogP contribution >= 0.6 is 22.9 Å². The minimum absolute atomic E-state index is 0.728. The van der Waals surface area contributed by atoms with Crippen molar-refractivity contribution in [3.05, 3.63) is 21.3 Å². The molecule has 1 unspecified atom stereocenters. The lowest BCUT2D eigenvalue weighted by Gasteiger charge is -2.15. The summed E-state index contributed by atoms with van der Waals surface area (Å²) in [6.45, 7) is 6.37. The van der Waals surface area contributed by atoms with Crippen molar-refractivity contribution < 1.29 is 4.74 Å². The smallest absolute Gasteiger partial charge is 0.0931 e. The molecule has 1 saturated heterocycles. The average Bonchev–Trinajstić information content (AvgIpc) is 2.95. The Morgan fingerprint density at radius 1 is 1.56 bits per heavy atom. The zero-order valence-electron chi connectivity index (χ0n) is 10.8. The molecule has 102 valence electrons. The topological polar surface area (TPSA) is 24.5 Å². The van der Waals surface area contributed by atoms with E-state index in [0.717, 1.165) is 36.5 Å². The van der Waals surface area contributed by atoms with Crippen molar-refractivity contribution >= 4 is 22.9 Å². The molecule has 5 heteroatoms. The van der Waals surface area contributed by atoms with Gasteiger partial charge in [-0.05, 0) is 31.0 Å². The maximum absolute atomic E-state index is 5.89. The minimum Gasteiger partial charge on any atom is -0.384 e. The molecule has 0 amide bonds. The van der Waals surface area contributed by atoms with Gasteiger partial charge in [-0.2, -0.15) is 0 Å². The van der Waals surface area contributed by atoms with E-state index < -0.39 is 0 Å². The molecule has 3 nitrogen and oxygen atoms in total. The zero-order chi connectivity index (χ0) is 12.8. The van der Waals surface area contributed by atoms with Gasteiger partial charge in [0.15, 0.2) is 0 Å². The van der Waals surface area contributed by atoms with Crippen LogP contribution in [0.4, 0.5) is 0 Å². The molecule has 2 heterocycles. The molecule has 1 N–H and O–H groups in total. The molecule has 0 bridgehead atoms. The number of likely N-dealkylation sites (tertiary alicyclic amines) is 1. The molecule has 1 atom stereocenters. The van der Waals surface area contributed by atoms with Gasteiger partial charge in [-0.15, -0.1) is 11.3 Å². The summed E-state index contributed by atoms with van der Waals surface area (Å²) in [5.74, 6) is 0.728. The van der Waals surface area contributed by atoms with E-state index in [1.807, 2.05) is 6.07 Å². The number of ether oxygens (including phenoxy) is 1. The Kier molecular flexibility index (Phi) is 5.92. The van der Waals surface area contributed by atoms with Crippen molar-refractivity contribution in [2.45, 2.75) is 13.0 Å². The van der Waals surface area contributed by atoms with Crippen molar-refractivity contribution in [2.75, 3.05) is 39.9 Å². The van der Waals surface area contributed by atoms with Gasteiger partial charge in [-0.25, -0.2) is 0 Å². The molecule has 0 saturated carbocycles. The van der Waals surface area contributed by atoms with E-state index in [0.29, 0.717) is 0 Å². The Bertz CT molecular complexity index is 359. The molecule has 18 heavy (non-hydrogen) atoms. The first-order valence-corrected chi connectivity index (χ1v) is 7.63. The summed E-state index contributed by atoms with van der Waals surface area (Å²) in [5, 5.41) is 3.47. The molecule has 1 fully saturated rings. The van der Waals surface area contributed by atoms with Crippen molar-refractivity contribution in [1.82, 2.24) is 10.2 Å². The largest absolute Gasteiger partial charge is 0.384 e. The lowest BCUT2D eigenvalue weighted by atomic mass is 10.1. The molecule has 2 rings (SSSR count). The van der Waals surface area contributed by atoms with Crippen LogP contribution in [0.3, 0.4) is 0 Å². The molecule has 1 aliphatic heterocycles. The van der Waals surface area contributed by atoms with Gasteiger partial charge in [0.05, 0.1) is 10.9 Å². The highest BCUT2D eigenvalue weighted by molar-refractivity contribution is 7.16. The Morgan fingerprint density at radius 3 is 3.17 bits per heavy atom. The van der Waals surface area contributed by atoms with Gasteiger partial charge in [0, 0.05) is 38.2 Å². The van der Waals surface area contributed by atoms with Gasteiger partial charge < -0.3 is 15.0 Å². The summed E-state index contributed by atoms with van der Waals surface area (Å²) in [6, 6.07) is 4.05. The average molecular weight is 289 g/mol. The molecular weight excluding hydrogens is 268 g/mol. The normalized spacial score (nSPS) is 20.7. The fourth-order valence-electron chi connectivity index (χ4n) is 2.38. The van der Waals surface area contributed by atoms with Crippen molar-refractivity contribution in [2.24, 2.45) is 5.92 Å². The summed E-state index contributed by atoms with van der Waals surface area (Å²) in [7, 11) is 1.79. The van der Waals surface area contributed by atoms with Crippen molar-refractivity contribution in [3.63, 3.8) is 0 Å². The van der Waals surface area contributed by atoms with Crippen LogP contribution < -0.4 is 5.32 Å². The second-order valence-electron chi connectivity index (χ2n) is 4.79. The summed E-state index contributed by atoms with van der Waals surface area (Å²) in [4.78, 5) is 3.82. The number of rotatable bonds is 7. The second-order valence-corrected chi connectivity index (χ2v) is 6.59. The highest BCUT2D eigenvalue weighted by atomic mass is 35.5. The standard InChI is InChI=1S/C13H21ClN2OS/c1-17-10-11-4-6-16(9-11)7-5-15-8-12-2-3-13(14)18-12/h2-3,11,15H,4-10H2,1H3. The number of methoxy groups -OCH3 is 1. The first-order chi connectivity index (χ1) is 8.78. The summed E-state index contributed by atoms with van der Waals surface area (Å²) in [5.41, 5.74) is 0. The van der Waals surface area contributed by atoms with Gasteiger partial charge in [0.25, 0.3) is 0 Å². The van der Waals surface area contributed by atoms with Gasteiger partial charge in [0.1, 0.15) is 0 Å². The van der Waals surface area contributed by atoms with Crippen LogP contribution in [0, 0.1) is 5.92 Å². The van der Waals surface area contributed by atoms with Crippen molar-refractivity contribution in [3.8, 4) is 0 Å². The monoisotopic (exact) mass is 288 g/mol. The molecule has 0 aliphatic carbocycles. The summed E-state index contributed by atoms with van der Waals surface area (Å²) >= 11 is 7.54. The molecule has 1 aliphatic rings. The van der Waals surface area contributed by atoms with E-state index in [1.54, 1.807) is 18.4 Å². The van der Waals surface area contributed by atoms with E-state index in [9.17, 15) is 0 Å². The first-order valence-electron chi connectivity index (χ1n) is 6.44. The van der Waals surface area contributed by atoms with Gasteiger partial charge in [0.2, 0.25) is 0 Å². The third kappa shape index (κ3) is 4.52. The Balaban J connectivity index is 1.56. The predicted molar refractivity (Wildman–Crippen MR) is 77.5 cm³/mol. The van der Waals surface area contributed by atoms with Crippen LogP contribution in [0.25, 0.3) is 0 Å². The van der Waals surface area contributed by atoms with Gasteiger partial charge >= 0.3 is 0 Å². The first kappa shape index (κ1) is 14.3. The fraction of sp³-hybridized carbons (Fsp3) is 0.692. The third-order valence-electron chi connectivity index (χ3n) is 3.31. The van der Waals surface area contributed by atoms with E-state index in [4.69, 9.17) is 16.3 Å². The zero-order valence-corrected chi connectivity index (χ0v) is 12.4. The van der Waals surface area contributed by atoms with Crippen LogP contribution in [0.1, 0.15) is 11.3 Å². The lowest BCUT2D eigenvalue weighted by molar-refractivity contribution is 0.153. The molecule has 0 radical (unpaired) electrons. The van der Waals surface area contributed by atoms with Crippen LogP contribution in [0.5, 0.6) is 0 Å². The predicted octanol–water partition coefficient (Wildman–Crippen LogP) is 2.46. The maximum Gasteiger partial charge on any atom is 0.0931 e. The summed E-state index contributed by atoms with van der Waals surface area (Å²) in [6.07, 6.45) is 1.27. The van der Waals surface area contributed by atoms with Crippen molar-refractivity contribution in [1.29, 1.82) is 0 Å². The highest BCUT2D eigenvalue weighted by Gasteiger charge is 2.21. The Labute approximate surface area is 118 Å². The Hall–Kier alpha value is -0.130. The highest BCUT2D eigenvalue weighted by Crippen LogP contribution is 2.21. The number of thiophene rings is 1. The number of hydrogen-bond acceptors (Lipinski definition) is 4. The lowest BCUT2D eigenvalue weighted by Crippen LogP contribution is -2.30. The fourth-order valence-corrected chi connectivity index (χ4v) is 3.44. The number of hydrogen-bond donors (Lipinski definition) is 1. The SMILES string of the molecule is COCC1CCN(CCNCc2ccc(Cl)s2)C1.